The number of fused-ring (bicyclic) bond motifs is 1. The van der Waals surface area contributed by atoms with Gasteiger partial charge >= 0.3 is 0 Å². The highest BCUT2D eigenvalue weighted by Gasteiger charge is 2.16. The van der Waals surface area contributed by atoms with Crippen molar-refractivity contribution in [2.75, 3.05) is 14.1 Å². The van der Waals surface area contributed by atoms with Crippen molar-refractivity contribution in [3.8, 4) is 0 Å². The molecule has 22 heavy (non-hydrogen) atoms. The third-order valence-corrected chi connectivity index (χ3v) is 5.20. The number of benzene rings is 2. The smallest absolute Gasteiger partial charge is 0.0843 e. The zero-order chi connectivity index (χ0) is 15.9. The van der Waals surface area contributed by atoms with Crippen LogP contribution in [0.25, 0.3) is 15.7 Å². The summed E-state index contributed by atoms with van der Waals surface area (Å²) in [5.41, 5.74) is 8.92. The summed E-state index contributed by atoms with van der Waals surface area (Å²) in [4.78, 5) is 3.42. The van der Waals surface area contributed by atoms with Crippen LogP contribution in [0.5, 0.6) is 0 Å². The van der Waals surface area contributed by atoms with Gasteiger partial charge < -0.3 is 4.90 Å². The number of nitrogens with zero attached hydrogens (tertiary/aromatic N) is 1. The summed E-state index contributed by atoms with van der Waals surface area (Å²) >= 11 is 1.82. The van der Waals surface area contributed by atoms with Crippen molar-refractivity contribution in [3.63, 3.8) is 0 Å². The minimum Gasteiger partial charge on any atom is -0.372 e. The molecule has 0 saturated carbocycles. The van der Waals surface area contributed by atoms with Gasteiger partial charge in [-0.2, -0.15) is 0 Å². The summed E-state index contributed by atoms with van der Waals surface area (Å²) in [5, 5.41) is 3.73. The van der Waals surface area contributed by atoms with Gasteiger partial charge in [0.05, 0.1) is 9.93 Å². The zero-order valence-electron chi connectivity index (χ0n) is 13.8. The maximum atomic E-state index is 3.63. The highest BCUT2D eigenvalue weighted by atomic mass is 32.2. The Morgan fingerprint density at radius 3 is 2.23 bits per heavy atom. The molecule has 1 heterocycles. The maximum Gasteiger partial charge on any atom is 0.0843 e. The lowest BCUT2D eigenvalue weighted by atomic mass is 9.99. The first-order valence-electron chi connectivity index (χ1n) is 7.51. The fourth-order valence-corrected chi connectivity index (χ4v) is 4.31. The molecule has 1 nitrogen and oxygen atoms in total. The van der Waals surface area contributed by atoms with Gasteiger partial charge in [0.15, 0.2) is 0 Å². The molecule has 0 aliphatic carbocycles. The molecule has 1 aliphatic rings. The van der Waals surface area contributed by atoms with Crippen LogP contribution >= 0.6 is 11.8 Å². The second-order valence-electron chi connectivity index (χ2n) is 6.08. The van der Waals surface area contributed by atoms with Crippen molar-refractivity contribution < 1.29 is 0 Å². The predicted molar refractivity (Wildman–Crippen MR) is 97.8 cm³/mol. The molecular formula is C20H21NS. The predicted octanol–water partition coefficient (Wildman–Crippen LogP) is 3.41. The molecule has 0 fully saturated rings. The quantitative estimate of drug-likeness (QED) is 0.836. The van der Waals surface area contributed by atoms with Crippen molar-refractivity contribution >= 4 is 27.4 Å². The molecule has 0 spiro atoms. The van der Waals surface area contributed by atoms with Gasteiger partial charge in [0.25, 0.3) is 0 Å². The van der Waals surface area contributed by atoms with E-state index in [9.17, 15) is 0 Å². The van der Waals surface area contributed by atoms with Gasteiger partial charge in [-0.25, -0.2) is 0 Å². The standard InChI is InChI=1S/C20H21NS/c1-13-10-14(2)19(15(3)11-13)18-12-16-8-6-7-9-17(16)20(22-18)21(4)5/h6-11H,1-5H3. The van der Waals surface area contributed by atoms with Crippen LogP contribution in [0.2, 0.25) is 0 Å². The largest absolute Gasteiger partial charge is 0.372 e. The second kappa shape index (κ2) is 5.72. The van der Waals surface area contributed by atoms with Gasteiger partial charge in [0.2, 0.25) is 0 Å². The summed E-state index contributed by atoms with van der Waals surface area (Å²) in [5.74, 6) is 0. The van der Waals surface area contributed by atoms with E-state index in [1.54, 1.807) is 0 Å². The van der Waals surface area contributed by atoms with Gasteiger partial charge in [-0.3, -0.25) is 0 Å². The summed E-state index contributed by atoms with van der Waals surface area (Å²) in [6, 6.07) is 13.0. The molecule has 0 bridgehead atoms. The minimum absolute atomic E-state index is 1.18. The third kappa shape index (κ3) is 2.61. The highest BCUT2D eigenvalue weighted by Crippen LogP contribution is 2.38. The number of thioether (sulfide) groups is 1. The molecule has 0 amide bonds. The molecule has 0 saturated heterocycles. The van der Waals surface area contributed by atoms with Gasteiger partial charge in [0, 0.05) is 30.1 Å². The number of rotatable bonds is 2. The van der Waals surface area contributed by atoms with Crippen LogP contribution in [0.3, 0.4) is 0 Å². The minimum atomic E-state index is 1.18. The molecule has 2 aromatic rings. The maximum absolute atomic E-state index is 3.63. The van der Waals surface area contributed by atoms with Crippen LogP contribution < -0.4 is 10.4 Å². The molecule has 2 aromatic carbocycles. The average Bonchev–Trinajstić information content (AvgIpc) is 2.45. The van der Waals surface area contributed by atoms with E-state index in [1.807, 2.05) is 11.8 Å². The van der Waals surface area contributed by atoms with Gasteiger partial charge in [-0.1, -0.05) is 53.4 Å². The summed E-state index contributed by atoms with van der Waals surface area (Å²) < 4.78 is 0. The van der Waals surface area contributed by atoms with Crippen LogP contribution in [0.15, 0.2) is 36.4 Å². The van der Waals surface area contributed by atoms with Crippen molar-refractivity contribution in [1.82, 2.24) is 4.90 Å². The summed E-state index contributed by atoms with van der Waals surface area (Å²) in [7, 11) is 4.22. The Hall–Kier alpha value is -1.89. The number of aryl methyl sites for hydroxylation is 3. The van der Waals surface area contributed by atoms with Crippen LogP contribution in [0.1, 0.15) is 22.3 Å². The Labute approximate surface area is 136 Å². The Morgan fingerprint density at radius 2 is 1.59 bits per heavy atom. The van der Waals surface area contributed by atoms with Crippen molar-refractivity contribution in [1.29, 1.82) is 0 Å². The van der Waals surface area contributed by atoms with Crippen molar-refractivity contribution in [3.05, 3.63) is 69.1 Å². The van der Waals surface area contributed by atoms with E-state index in [-0.39, 0.29) is 0 Å². The first kappa shape index (κ1) is 15.0. The molecule has 2 heteroatoms. The molecule has 3 rings (SSSR count). The Kier molecular flexibility index (Phi) is 3.90. The first-order chi connectivity index (χ1) is 10.5. The molecule has 0 atom stereocenters. The molecular weight excluding hydrogens is 286 g/mol. The molecule has 112 valence electrons. The molecule has 0 unspecified atom stereocenters. The van der Waals surface area contributed by atoms with E-state index >= 15 is 0 Å². The van der Waals surface area contributed by atoms with E-state index in [4.69, 9.17) is 0 Å². The van der Waals surface area contributed by atoms with Crippen molar-refractivity contribution in [2.45, 2.75) is 20.8 Å². The molecule has 0 N–H and O–H groups in total. The molecule has 1 aliphatic heterocycles. The SMILES string of the molecule is Cc1cc(C)c(C2=C=c3ccccc3=C(N(C)C)S2)c(C)c1. The zero-order valence-corrected chi connectivity index (χ0v) is 14.6. The fraction of sp³-hybridized carbons (Fsp3) is 0.250. The number of hydrogen-bond acceptors (Lipinski definition) is 2. The third-order valence-electron chi connectivity index (χ3n) is 3.91. The second-order valence-corrected chi connectivity index (χ2v) is 7.07. The summed E-state index contributed by atoms with van der Waals surface area (Å²) in [6.07, 6.45) is 0. The van der Waals surface area contributed by atoms with Gasteiger partial charge in [-0.15, -0.1) is 0 Å². The number of hydrogen-bond donors (Lipinski definition) is 0. The van der Waals surface area contributed by atoms with Crippen LogP contribution in [0.4, 0.5) is 0 Å². The van der Waals surface area contributed by atoms with Gasteiger partial charge in [-0.05, 0) is 38.0 Å². The highest BCUT2D eigenvalue weighted by molar-refractivity contribution is 8.16. The lowest BCUT2D eigenvalue weighted by molar-refractivity contribution is 0.605. The van der Waals surface area contributed by atoms with Crippen LogP contribution in [-0.2, 0) is 0 Å². The van der Waals surface area contributed by atoms with E-state index in [0.717, 1.165) is 0 Å². The van der Waals surface area contributed by atoms with Crippen LogP contribution in [0, 0.1) is 20.8 Å². The lowest BCUT2D eigenvalue weighted by Crippen LogP contribution is -2.31. The van der Waals surface area contributed by atoms with E-state index < -0.39 is 0 Å². The Balaban J connectivity index is 2.33. The van der Waals surface area contributed by atoms with Crippen molar-refractivity contribution in [2.24, 2.45) is 0 Å². The fourth-order valence-electron chi connectivity index (χ4n) is 3.06. The van der Waals surface area contributed by atoms with E-state index in [2.05, 4.69) is 81.9 Å². The average molecular weight is 307 g/mol. The van der Waals surface area contributed by atoms with E-state index in [0.29, 0.717) is 0 Å². The lowest BCUT2D eigenvalue weighted by Gasteiger charge is -2.21. The monoisotopic (exact) mass is 307 g/mol. The topological polar surface area (TPSA) is 3.24 Å². The normalized spacial score (nSPS) is 13.3. The molecule has 0 radical (unpaired) electrons. The van der Waals surface area contributed by atoms with Crippen LogP contribution in [-0.4, -0.2) is 19.0 Å². The van der Waals surface area contributed by atoms with Gasteiger partial charge in [0.1, 0.15) is 0 Å². The summed E-state index contributed by atoms with van der Waals surface area (Å²) in [6.45, 7) is 6.55. The van der Waals surface area contributed by atoms with E-state index in [1.165, 1.54) is 42.6 Å². The Bertz CT molecular complexity index is 877. The molecule has 0 aromatic heterocycles. The Morgan fingerprint density at radius 1 is 0.955 bits per heavy atom. The first-order valence-corrected chi connectivity index (χ1v) is 8.32.